The Bertz CT molecular complexity index is 336. The molecule has 13 heavy (non-hydrogen) atoms. The Morgan fingerprint density at radius 3 is 2.77 bits per heavy atom. The van der Waals surface area contributed by atoms with Crippen molar-refractivity contribution in [3.63, 3.8) is 0 Å². The van der Waals surface area contributed by atoms with Crippen LogP contribution in [0, 0.1) is 19.3 Å². The first-order valence-electron chi connectivity index (χ1n) is 4.09. The summed E-state index contributed by atoms with van der Waals surface area (Å²) in [6.45, 7) is 5.72. The minimum absolute atomic E-state index is 0.409. The predicted octanol–water partition coefficient (Wildman–Crippen LogP) is 1.61. The van der Waals surface area contributed by atoms with E-state index in [2.05, 4.69) is 21.2 Å². The third-order valence-corrected chi connectivity index (χ3v) is 1.58. The molecule has 1 aromatic rings. The molecule has 0 saturated heterocycles. The second kappa shape index (κ2) is 3.44. The molecule has 1 N–H and O–H groups in total. The molecule has 3 nitrogen and oxygen atoms in total. The van der Waals surface area contributed by atoms with Crippen LogP contribution in [0.4, 0.5) is 5.95 Å². The smallest absolute Gasteiger partial charge is 0.224 e. The first kappa shape index (κ1) is 9.53. The van der Waals surface area contributed by atoms with Gasteiger partial charge in [-0.3, -0.25) is 0 Å². The van der Waals surface area contributed by atoms with E-state index < -0.39 is 5.54 Å². The van der Waals surface area contributed by atoms with Gasteiger partial charge in [0.1, 0.15) is 0 Å². The van der Waals surface area contributed by atoms with Crippen LogP contribution in [0.5, 0.6) is 0 Å². The van der Waals surface area contributed by atoms with Crippen molar-refractivity contribution in [2.45, 2.75) is 26.3 Å². The van der Waals surface area contributed by atoms with E-state index in [1.165, 1.54) is 0 Å². The van der Waals surface area contributed by atoms with E-state index in [1.807, 2.05) is 26.8 Å². The van der Waals surface area contributed by atoms with Crippen molar-refractivity contribution in [1.29, 1.82) is 0 Å². The van der Waals surface area contributed by atoms with E-state index >= 15 is 0 Å². The first-order valence-corrected chi connectivity index (χ1v) is 4.09. The summed E-state index contributed by atoms with van der Waals surface area (Å²) in [6, 6.07) is 1.84. The average Bonchev–Trinajstić information content (AvgIpc) is 2.03. The fourth-order valence-electron chi connectivity index (χ4n) is 0.825. The lowest BCUT2D eigenvalue weighted by atomic mass is 10.1. The van der Waals surface area contributed by atoms with Crippen LogP contribution < -0.4 is 5.32 Å². The molecule has 1 heterocycles. The molecule has 0 aliphatic heterocycles. The minimum Gasteiger partial charge on any atom is -0.338 e. The number of nitrogens with zero attached hydrogens (tertiary/aromatic N) is 2. The van der Waals surface area contributed by atoms with Gasteiger partial charge in [0.25, 0.3) is 0 Å². The highest BCUT2D eigenvalue weighted by Gasteiger charge is 2.13. The topological polar surface area (TPSA) is 37.8 Å². The molecule has 0 atom stereocenters. The summed E-state index contributed by atoms with van der Waals surface area (Å²) >= 11 is 0. The second-order valence-electron chi connectivity index (χ2n) is 3.42. The lowest BCUT2D eigenvalue weighted by Crippen LogP contribution is -2.29. The second-order valence-corrected chi connectivity index (χ2v) is 3.42. The Morgan fingerprint density at radius 2 is 2.23 bits per heavy atom. The van der Waals surface area contributed by atoms with Gasteiger partial charge in [-0.1, -0.05) is 5.92 Å². The molecule has 1 aromatic heterocycles. The minimum atomic E-state index is -0.409. The van der Waals surface area contributed by atoms with Crippen molar-refractivity contribution < 1.29 is 0 Å². The van der Waals surface area contributed by atoms with E-state index in [0.29, 0.717) is 5.95 Å². The van der Waals surface area contributed by atoms with E-state index in [-0.39, 0.29) is 0 Å². The van der Waals surface area contributed by atoms with Crippen LogP contribution >= 0.6 is 0 Å². The Balaban J connectivity index is 2.82. The van der Waals surface area contributed by atoms with Crippen molar-refractivity contribution >= 4 is 5.95 Å². The summed E-state index contributed by atoms with van der Waals surface area (Å²) in [6.07, 6.45) is 7.03. The Kier molecular flexibility index (Phi) is 2.52. The molecular formula is C10H13N3. The van der Waals surface area contributed by atoms with Crippen LogP contribution in [0.25, 0.3) is 0 Å². The highest BCUT2D eigenvalue weighted by molar-refractivity contribution is 5.33. The van der Waals surface area contributed by atoms with E-state index in [4.69, 9.17) is 6.42 Å². The van der Waals surface area contributed by atoms with Crippen LogP contribution in [0.3, 0.4) is 0 Å². The number of hydrogen-bond acceptors (Lipinski definition) is 3. The number of rotatable bonds is 2. The third kappa shape index (κ3) is 2.75. The molecule has 0 unspecified atom stereocenters. The van der Waals surface area contributed by atoms with Crippen LogP contribution in [-0.2, 0) is 0 Å². The maximum absolute atomic E-state index is 5.32. The molecule has 0 radical (unpaired) electrons. The van der Waals surface area contributed by atoms with Gasteiger partial charge in [0.05, 0.1) is 5.54 Å². The van der Waals surface area contributed by atoms with Gasteiger partial charge in [-0.05, 0) is 26.8 Å². The number of anilines is 1. The quantitative estimate of drug-likeness (QED) is 0.694. The van der Waals surface area contributed by atoms with Gasteiger partial charge in [0, 0.05) is 11.9 Å². The van der Waals surface area contributed by atoms with Crippen molar-refractivity contribution in [2.24, 2.45) is 0 Å². The number of terminal acetylenes is 1. The van der Waals surface area contributed by atoms with Gasteiger partial charge in [-0.2, -0.15) is 0 Å². The number of aromatic nitrogens is 2. The van der Waals surface area contributed by atoms with Crippen LogP contribution in [-0.4, -0.2) is 15.5 Å². The predicted molar refractivity (Wildman–Crippen MR) is 53.3 cm³/mol. The van der Waals surface area contributed by atoms with Gasteiger partial charge in [-0.25, -0.2) is 9.97 Å². The molecule has 0 fully saturated rings. The normalized spacial score (nSPS) is 10.6. The van der Waals surface area contributed by atoms with Gasteiger partial charge in [0.15, 0.2) is 0 Å². The molecule has 1 rings (SSSR count). The maximum Gasteiger partial charge on any atom is 0.224 e. The zero-order valence-corrected chi connectivity index (χ0v) is 8.13. The van der Waals surface area contributed by atoms with Crippen LogP contribution in [0.15, 0.2) is 12.3 Å². The number of aryl methyl sites for hydroxylation is 1. The monoisotopic (exact) mass is 175 g/mol. The fourth-order valence-corrected chi connectivity index (χ4v) is 0.825. The van der Waals surface area contributed by atoms with Gasteiger partial charge in [0.2, 0.25) is 5.95 Å². The van der Waals surface area contributed by atoms with E-state index in [1.54, 1.807) is 6.20 Å². The van der Waals surface area contributed by atoms with E-state index in [0.717, 1.165) is 5.69 Å². The summed E-state index contributed by atoms with van der Waals surface area (Å²) in [5.41, 5.74) is 0.513. The summed E-state index contributed by atoms with van der Waals surface area (Å²) in [7, 11) is 0. The maximum atomic E-state index is 5.32. The first-order chi connectivity index (χ1) is 6.03. The van der Waals surface area contributed by atoms with Crippen LogP contribution in [0.1, 0.15) is 19.5 Å². The standard InChI is InChI=1S/C10H13N3/c1-5-10(3,4)13-9-11-7-6-8(2)12-9/h1,6-7H,2-4H3,(H,11,12,13). The SMILES string of the molecule is C#CC(C)(C)Nc1nccc(C)n1. The van der Waals surface area contributed by atoms with Crippen LogP contribution in [0.2, 0.25) is 0 Å². The van der Waals surface area contributed by atoms with Gasteiger partial charge in [-0.15, -0.1) is 6.42 Å². The average molecular weight is 175 g/mol. The van der Waals surface area contributed by atoms with Gasteiger partial charge < -0.3 is 5.32 Å². The molecule has 0 bridgehead atoms. The summed E-state index contributed by atoms with van der Waals surface area (Å²) in [5, 5.41) is 3.05. The highest BCUT2D eigenvalue weighted by Crippen LogP contribution is 2.08. The molecule has 0 aromatic carbocycles. The molecule has 0 aliphatic rings. The number of nitrogens with one attached hydrogen (secondary N) is 1. The molecule has 68 valence electrons. The zero-order chi connectivity index (χ0) is 9.90. The fraction of sp³-hybridized carbons (Fsp3) is 0.400. The highest BCUT2D eigenvalue weighted by atomic mass is 15.1. The van der Waals surface area contributed by atoms with Crippen molar-refractivity contribution in [1.82, 2.24) is 9.97 Å². The zero-order valence-electron chi connectivity index (χ0n) is 8.13. The Hall–Kier alpha value is -1.56. The lowest BCUT2D eigenvalue weighted by molar-refractivity contribution is 0.727. The Labute approximate surface area is 78.6 Å². The summed E-state index contributed by atoms with van der Waals surface area (Å²) in [5.74, 6) is 3.19. The molecule has 3 heteroatoms. The molecule has 0 amide bonds. The third-order valence-electron chi connectivity index (χ3n) is 1.58. The largest absolute Gasteiger partial charge is 0.338 e. The van der Waals surface area contributed by atoms with E-state index in [9.17, 15) is 0 Å². The molecular weight excluding hydrogens is 162 g/mol. The summed E-state index contributed by atoms with van der Waals surface area (Å²) < 4.78 is 0. The van der Waals surface area contributed by atoms with Crippen molar-refractivity contribution in [2.75, 3.05) is 5.32 Å². The van der Waals surface area contributed by atoms with Crippen molar-refractivity contribution in [3.8, 4) is 12.3 Å². The summed E-state index contributed by atoms with van der Waals surface area (Å²) in [4.78, 5) is 8.24. The lowest BCUT2D eigenvalue weighted by Gasteiger charge is -2.19. The van der Waals surface area contributed by atoms with Crippen molar-refractivity contribution in [3.05, 3.63) is 18.0 Å². The molecule has 0 spiro atoms. The molecule has 0 aliphatic carbocycles. The Morgan fingerprint density at radius 1 is 1.54 bits per heavy atom. The molecule has 0 saturated carbocycles. The van der Waals surface area contributed by atoms with Gasteiger partial charge >= 0.3 is 0 Å². The number of hydrogen-bond donors (Lipinski definition) is 1.